The number of rotatable bonds is 8. The molecule has 0 atom stereocenters. The van der Waals surface area contributed by atoms with Crippen LogP contribution in [-0.2, 0) is 10.2 Å². The van der Waals surface area contributed by atoms with Crippen LogP contribution in [0.15, 0.2) is 0 Å². The summed E-state index contributed by atoms with van der Waals surface area (Å²) in [6.45, 7) is 8.45. The van der Waals surface area contributed by atoms with Crippen LogP contribution in [0, 0.1) is 0 Å². The number of unbranched alkanes of at least 4 members (excludes halogenated alkanes) is 1. The average molecular weight is 292 g/mol. The highest BCUT2D eigenvalue weighted by atomic mass is 32.2. The van der Waals surface area contributed by atoms with Crippen molar-refractivity contribution in [3.05, 3.63) is 0 Å². The molecule has 0 aromatic carbocycles. The molecule has 1 aliphatic heterocycles. The molecule has 0 radical (unpaired) electrons. The molecule has 1 aliphatic rings. The highest BCUT2D eigenvalue weighted by Gasteiger charge is 2.22. The Hall–Kier alpha value is -0.210. The fourth-order valence-corrected chi connectivity index (χ4v) is 3.17. The number of nitrogens with zero attached hydrogens (tertiary/aromatic N) is 2. The lowest BCUT2D eigenvalue weighted by Gasteiger charge is -2.26. The first-order valence-corrected chi connectivity index (χ1v) is 8.53. The molecule has 0 aromatic rings. The fraction of sp³-hybridized carbons (Fsp3) is 1.00. The van der Waals surface area contributed by atoms with Crippen molar-refractivity contribution in [3.63, 3.8) is 0 Å². The Bertz CT molecular complexity index is 340. The average Bonchev–Trinajstić information content (AvgIpc) is 2.39. The third-order valence-corrected chi connectivity index (χ3v) is 5.13. The second-order valence-corrected chi connectivity index (χ2v) is 7.09. The maximum atomic E-state index is 12.0. The van der Waals surface area contributed by atoms with Gasteiger partial charge in [0, 0.05) is 38.8 Å². The molecule has 7 heteroatoms. The lowest BCUT2D eigenvalue weighted by atomic mass is 10.2. The van der Waals surface area contributed by atoms with E-state index in [4.69, 9.17) is 0 Å². The van der Waals surface area contributed by atoms with E-state index in [1.54, 1.807) is 0 Å². The minimum Gasteiger partial charge on any atom is -0.314 e. The summed E-state index contributed by atoms with van der Waals surface area (Å²) in [5, 5.41) is 3.15. The Kier molecular flexibility index (Phi) is 7.23. The van der Waals surface area contributed by atoms with Crippen LogP contribution in [0.3, 0.4) is 0 Å². The van der Waals surface area contributed by atoms with Gasteiger partial charge in [-0.1, -0.05) is 0 Å². The van der Waals surface area contributed by atoms with Crippen LogP contribution in [0.1, 0.15) is 26.7 Å². The minimum absolute atomic E-state index is 0.526. The molecule has 0 aromatic heterocycles. The zero-order valence-corrected chi connectivity index (χ0v) is 13.2. The monoisotopic (exact) mass is 292 g/mol. The van der Waals surface area contributed by atoms with Gasteiger partial charge in [-0.05, 0) is 40.3 Å². The van der Waals surface area contributed by atoms with E-state index >= 15 is 0 Å². The van der Waals surface area contributed by atoms with Crippen molar-refractivity contribution in [2.75, 3.05) is 46.3 Å². The normalized spacial score (nSPS) is 18.4. The van der Waals surface area contributed by atoms with Crippen molar-refractivity contribution in [1.82, 2.24) is 19.2 Å². The van der Waals surface area contributed by atoms with Crippen molar-refractivity contribution in [3.8, 4) is 0 Å². The van der Waals surface area contributed by atoms with E-state index in [-0.39, 0.29) is 0 Å². The van der Waals surface area contributed by atoms with Crippen LogP contribution in [0.5, 0.6) is 0 Å². The highest BCUT2D eigenvalue weighted by molar-refractivity contribution is 7.87. The SMILES string of the molecule is CC(C)N(C)CCCCNS(=O)(=O)N1CCNCC1. The molecule has 1 heterocycles. The third kappa shape index (κ3) is 6.18. The molecule has 2 N–H and O–H groups in total. The van der Waals surface area contributed by atoms with Crippen LogP contribution in [0.25, 0.3) is 0 Å². The summed E-state index contributed by atoms with van der Waals surface area (Å²) >= 11 is 0. The third-order valence-electron chi connectivity index (χ3n) is 3.52. The Morgan fingerprint density at radius 3 is 2.47 bits per heavy atom. The summed E-state index contributed by atoms with van der Waals surface area (Å²) in [5.41, 5.74) is 0. The Labute approximate surface area is 117 Å². The van der Waals surface area contributed by atoms with Gasteiger partial charge in [-0.3, -0.25) is 0 Å². The van der Waals surface area contributed by atoms with Gasteiger partial charge in [0.05, 0.1) is 0 Å². The van der Waals surface area contributed by atoms with Crippen molar-refractivity contribution < 1.29 is 8.42 Å². The molecule has 0 spiro atoms. The summed E-state index contributed by atoms with van der Waals surface area (Å²) in [6, 6.07) is 0.539. The number of hydrogen-bond donors (Lipinski definition) is 2. The predicted octanol–water partition coefficient (Wildman–Crippen LogP) is -0.154. The molecule has 114 valence electrons. The molecule has 0 saturated carbocycles. The summed E-state index contributed by atoms with van der Waals surface area (Å²) in [7, 11) is -1.18. The smallest absolute Gasteiger partial charge is 0.279 e. The van der Waals surface area contributed by atoms with E-state index in [0.29, 0.717) is 25.7 Å². The highest BCUT2D eigenvalue weighted by Crippen LogP contribution is 2.01. The maximum Gasteiger partial charge on any atom is 0.279 e. The number of nitrogens with one attached hydrogen (secondary N) is 2. The molecule has 1 saturated heterocycles. The van der Waals surface area contributed by atoms with Crippen LogP contribution < -0.4 is 10.0 Å². The summed E-state index contributed by atoms with van der Waals surface area (Å²) in [4.78, 5) is 2.27. The Morgan fingerprint density at radius 2 is 1.89 bits per heavy atom. The molecule has 1 rings (SSSR count). The van der Waals surface area contributed by atoms with Crippen LogP contribution >= 0.6 is 0 Å². The van der Waals surface area contributed by atoms with Crippen LogP contribution in [-0.4, -0.2) is 70.0 Å². The van der Waals surface area contributed by atoms with E-state index < -0.39 is 10.2 Å². The van der Waals surface area contributed by atoms with E-state index in [1.165, 1.54) is 4.31 Å². The van der Waals surface area contributed by atoms with Crippen LogP contribution in [0.2, 0.25) is 0 Å². The van der Waals surface area contributed by atoms with Crippen molar-refractivity contribution in [2.45, 2.75) is 32.7 Å². The molecule has 0 aliphatic carbocycles. The molecular formula is C12H28N4O2S. The quantitative estimate of drug-likeness (QED) is 0.611. The lowest BCUT2D eigenvalue weighted by Crippen LogP contribution is -2.50. The van der Waals surface area contributed by atoms with Crippen molar-refractivity contribution >= 4 is 10.2 Å². The van der Waals surface area contributed by atoms with Crippen LogP contribution in [0.4, 0.5) is 0 Å². The van der Waals surface area contributed by atoms with Gasteiger partial charge in [-0.15, -0.1) is 0 Å². The standard InChI is InChI=1S/C12H28N4O2S/c1-12(2)15(3)9-5-4-6-14-19(17,18)16-10-7-13-8-11-16/h12-14H,4-11H2,1-3H3. The second kappa shape index (κ2) is 8.16. The first-order valence-electron chi connectivity index (χ1n) is 7.09. The van der Waals surface area contributed by atoms with Gasteiger partial charge in [0.1, 0.15) is 0 Å². The minimum atomic E-state index is -3.27. The molecule has 0 bridgehead atoms. The molecule has 19 heavy (non-hydrogen) atoms. The van der Waals surface area contributed by atoms with E-state index in [2.05, 4.69) is 35.8 Å². The molecule has 0 amide bonds. The van der Waals surface area contributed by atoms with Crippen molar-refractivity contribution in [2.24, 2.45) is 0 Å². The van der Waals surface area contributed by atoms with Gasteiger partial charge in [0.2, 0.25) is 0 Å². The predicted molar refractivity (Wildman–Crippen MR) is 78.4 cm³/mol. The Balaban J connectivity index is 2.17. The van der Waals surface area contributed by atoms with Gasteiger partial charge in [-0.2, -0.15) is 12.7 Å². The van der Waals surface area contributed by atoms with Gasteiger partial charge < -0.3 is 10.2 Å². The van der Waals surface area contributed by atoms with E-state index in [9.17, 15) is 8.42 Å². The van der Waals surface area contributed by atoms with Crippen molar-refractivity contribution in [1.29, 1.82) is 0 Å². The second-order valence-electron chi connectivity index (χ2n) is 5.33. The maximum absolute atomic E-state index is 12.0. The molecule has 6 nitrogen and oxygen atoms in total. The Morgan fingerprint density at radius 1 is 1.26 bits per heavy atom. The van der Waals surface area contributed by atoms with E-state index in [1.807, 2.05) is 0 Å². The summed E-state index contributed by atoms with van der Waals surface area (Å²) in [6.07, 6.45) is 1.89. The lowest BCUT2D eigenvalue weighted by molar-refractivity contribution is 0.268. The summed E-state index contributed by atoms with van der Waals surface area (Å²) in [5.74, 6) is 0. The van der Waals surface area contributed by atoms with Gasteiger partial charge in [-0.25, -0.2) is 4.72 Å². The van der Waals surface area contributed by atoms with Gasteiger partial charge >= 0.3 is 0 Å². The first-order chi connectivity index (χ1) is 8.93. The van der Waals surface area contributed by atoms with Gasteiger partial charge in [0.15, 0.2) is 0 Å². The summed E-state index contributed by atoms with van der Waals surface area (Å²) < 4.78 is 28.1. The topological polar surface area (TPSA) is 64.7 Å². The number of piperazine rings is 1. The fourth-order valence-electron chi connectivity index (χ4n) is 1.92. The molecule has 0 unspecified atom stereocenters. The van der Waals surface area contributed by atoms with Gasteiger partial charge in [0.25, 0.3) is 10.2 Å². The zero-order chi connectivity index (χ0) is 14.3. The largest absolute Gasteiger partial charge is 0.314 e. The van der Waals surface area contributed by atoms with E-state index in [0.717, 1.165) is 32.5 Å². The number of hydrogen-bond acceptors (Lipinski definition) is 4. The molecule has 1 fully saturated rings. The zero-order valence-electron chi connectivity index (χ0n) is 12.4. The molecular weight excluding hydrogens is 264 g/mol. The first kappa shape index (κ1) is 16.8.